The van der Waals surface area contributed by atoms with Gasteiger partial charge in [0.25, 0.3) is 0 Å². The van der Waals surface area contributed by atoms with Crippen molar-refractivity contribution in [2.24, 2.45) is 0 Å². The second-order valence-corrected chi connectivity index (χ2v) is 0.769. The van der Waals surface area contributed by atoms with Crippen molar-refractivity contribution in [2.75, 3.05) is 13.2 Å². The first-order chi connectivity index (χ1) is 2.91. The summed E-state index contributed by atoms with van der Waals surface area (Å²) in [6.07, 6.45) is 0. The summed E-state index contributed by atoms with van der Waals surface area (Å²) >= 11 is 3.22. The average Bonchev–Trinajstić information content (AvgIpc) is 1.61. The van der Waals surface area contributed by atoms with Crippen molar-refractivity contribution in [2.45, 2.75) is 0 Å². The van der Waals surface area contributed by atoms with E-state index in [9.17, 15) is 0 Å². The van der Waals surface area contributed by atoms with Gasteiger partial charge in [0.15, 0.2) is 0 Å². The lowest BCUT2D eigenvalue weighted by Gasteiger charge is -1.88. The summed E-state index contributed by atoms with van der Waals surface area (Å²) < 4.78 is 3.82. The molecule has 0 bridgehead atoms. The molecule has 0 aromatic carbocycles. The Morgan fingerprint density at radius 3 is 2.50 bits per heavy atom. The van der Waals surface area contributed by atoms with Crippen LogP contribution in [0.2, 0.25) is 0 Å². The fourth-order valence-corrected chi connectivity index (χ4v) is 0.149. The molecule has 3 nitrogen and oxygen atoms in total. The average molecular weight is 110 g/mol. The Bertz CT molecular complexity index is 20.8. The van der Waals surface area contributed by atoms with Gasteiger partial charge >= 0.3 is 0 Å². The molecule has 0 aromatic heterocycles. The highest BCUT2D eigenvalue weighted by atomic mass is 32.1. The van der Waals surface area contributed by atoms with Crippen LogP contribution < -0.4 is 0 Å². The Morgan fingerprint density at radius 2 is 2.33 bits per heavy atom. The zero-order chi connectivity index (χ0) is 4.83. The summed E-state index contributed by atoms with van der Waals surface area (Å²) in [4.78, 5) is 4.10. The molecule has 0 aromatic rings. The minimum absolute atomic E-state index is 0.0411. The summed E-state index contributed by atoms with van der Waals surface area (Å²) in [7, 11) is 0. The van der Waals surface area contributed by atoms with Crippen molar-refractivity contribution in [3.05, 3.63) is 0 Å². The van der Waals surface area contributed by atoms with E-state index in [1.807, 2.05) is 0 Å². The largest absolute Gasteiger partial charge is 0.394 e. The van der Waals surface area contributed by atoms with Gasteiger partial charge in [-0.05, 0) is 0 Å². The lowest BCUT2D eigenvalue weighted by Crippen LogP contribution is -1.93. The van der Waals surface area contributed by atoms with E-state index in [1.165, 1.54) is 0 Å². The summed E-state index contributed by atoms with van der Waals surface area (Å²) in [5, 5.41) is 7.96. The van der Waals surface area contributed by atoms with Crippen molar-refractivity contribution in [3.8, 4) is 0 Å². The van der Waals surface area contributed by atoms with Crippen LogP contribution in [-0.2, 0) is 9.22 Å². The highest BCUT2D eigenvalue weighted by Gasteiger charge is 1.75. The molecule has 0 radical (unpaired) electrons. The van der Waals surface area contributed by atoms with Gasteiger partial charge in [0.1, 0.15) is 6.61 Å². The first kappa shape index (κ1) is 6.23. The summed E-state index contributed by atoms with van der Waals surface area (Å²) in [5.41, 5.74) is 0. The molecule has 1 N–H and O–H groups in total. The summed E-state index contributed by atoms with van der Waals surface area (Å²) in [5.74, 6) is 0. The van der Waals surface area contributed by atoms with Crippen molar-refractivity contribution < 1.29 is 14.3 Å². The Kier molecular flexibility index (Phi) is 5.43. The number of thiol groups is 1. The van der Waals surface area contributed by atoms with Crippen LogP contribution in [-0.4, -0.2) is 18.3 Å². The summed E-state index contributed by atoms with van der Waals surface area (Å²) in [6.45, 7) is 0.129. The van der Waals surface area contributed by atoms with E-state index < -0.39 is 0 Å². The maximum Gasteiger partial charge on any atom is 0.107 e. The van der Waals surface area contributed by atoms with E-state index in [2.05, 4.69) is 22.1 Å². The molecule has 0 spiro atoms. The molecule has 0 unspecified atom stereocenters. The number of hydrogen-bond acceptors (Lipinski definition) is 4. The van der Waals surface area contributed by atoms with Crippen LogP contribution in [0.1, 0.15) is 0 Å². The molecule has 38 valence electrons. The topological polar surface area (TPSA) is 38.7 Å². The lowest BCUT2D eigenvalue weighted by atomic mass is 10.8. The standard InChI is InChI=1S/C2H6O3S/c3-1-2-4-5-6/h3,6H,1-2H2. The van der Waals surface area contributed by atoms with Crippen LogP contribution >= 0.6 is 12.9 Å². The Balaban J connectivity index is 2.34. The van der Waals surface area contributed by atoms with Gasteiger partial charge in [-0.2, -0.15) is 4.33 Å². The zero-order valence-corrected chi connectivity index (χ0v) is 4.02. The molecule has 0 aliphatic rings. The lowest BCUT2D eigenvalue weighted by molar-refractivity contribution is -0.194. The van der Waals surface area contributed by atoms with Crippen LogP contribution in [0.5, 0.6) is 0 Å². The minimum Gasteiger partial charge on any atom is -0.394 e. The van der Waals surface area contributed by atoms with Gasteiger partial charge in [0.2, 0.25) is 0 Å². The predicted molar refractivity (Wildman–Crippen MR) is 23.1 cm³/mol. The first-order valence-corrected chi connectivity index (χ1v) is 1.82. The van der Waals surface area contributed by atoms with E-state index in [4.69, 9.17) is 5.11 Å². The Labute approximate surface area is 41.4 Å². The molecule has 0 atom stereocenters. The van der Waals surface area contributed by atoms with Crippen molar-refractivity contribution in [1.82, 2.24) is 0 Å². The predicted octanol–water partition coefficient (Wildman–Crippen LogP) is -0.228. The van der Waals surface area contributed by atoms with Gasteiger partial charge in [-0.3, -0.25) is 0 Å². The molecule has 4 heteroatoms. The van der Waals surface area contributed by atoms with Gasteiger partial charge in [0, 0.05) is 12.9 Å². The van der Waals surface area contributed by atoms with E-state index >= 15 is 0 Å². The van der Waals surface area contributed by atoms with Crippen LogP contribution in [0.3, 0.4) is 0 Å². The van der Waals surface area contributed by atoms with E-state index in [0.29, 0.717) is 0 Å². The van der Waals surface area contributed by atoms with E-state index in [1.54, 1.807) is 0 Å². The van der Waals surface area contributed by atoms with Gasteiger partial charge in [-0.25, -0.2) is 4.89 Å². The van der Waals surface area contributed by atoms with Gasteiger partial charge in [-0.15, -0.1) is 0 Å². The van der Waals surface area contributed by atoms with Crippen molar-refractivity contribution >= 4 is 12.9 Å². The van der Waals surface area contributed by atoms with Gasteiger partial charge in [0.05, 0.1) is 6.61 Å². The first-order valence-electron chi connectivity index (χ1n) is 1.45. The van der Waals surface area contributed by atoms with Crippen LogP contribution in [0, 0.1) is 0 Å². The molecule has 0 saturated heterocycles. The molecule has 0 aliphatic heterocycles. The molecule has 0 heterocycles. The summed E-state index contributed by atoms with van der Waals surface area (Å²) in [6, 6.07) is 0. The molecular weight excluding hydrogens is 104 g/mol. The molecule has 6 heavy (non-hydrogen) atoms. The fourth-order valence-electron chi connectivity index (χ4n) is 0.0745. The maximum absolute atomic E-state index is 7.96. The Hall–Kier alpha value is 0.230. The maximum atomic E-state index is 7.96. The van der Waals surface area contributed by atoms with Crippen LogP contribution in [0.25, 0.3) is 0 Å². The smallest absolute Gasteiger partial charge is 0.107 e. The zero-order valence-electron chi connectivity index (χ0n) is 3.13. The highest BCUT2D eigenvalue weighted by molar-refractivity contribution is 7.74. The SMILES string of the molecule is OCCOOS. The van der Waals surface area contributed by atoms with Crippen molar-refractivity contribution in [3.63, 3.8) is 0 Å². The molecule has 0 fully saturated rings. The highest BCUT2D eigenvalue weighted by Crippen LogP contribution is 1.77. The molecule has 0 amide bonds. The normalized spacial score (nSPS) is 9.00. The van der Waals surface area contributed by atoms with Gasteiger partial charge < -0.3 is 5.11 Å². The number of hydrogen-bond donors (Lipinski definition) is 2. The molecule has 0 aliphatic carbocycles. The van der Waals surface area contributed by atoms with Crippen LogP contribution in [0.15, 0.2) is 0 Å². The minimum atomic E-state index is -0.0411. The second kappa shape index (κ2) is 5.23. The van der Waals surface area contributed by atoms with Gasteiger partial charge in [-0.1, -0.05) is 0 Å². The van der Waals surface area contributed by atoms with E-state index in [-0.39, 0.29) is 13.2 Å². The van der Waals surface area contributed by atoms with E-state index in [0.717, 1.165) is 0 Å². The van der Waals surface area contributed by atoms with Crippen molar-refractivity contribution in [1.29, 1.82) is 0 Å². The number of aliphatic hydroxyl groups excluding tert-OH is 1. The molecule has 0 rings (SSSR count). The molecule has 0 saturated carbocycles. The number of rotatable bonds is 3. The third-order valence-electron chi connectivity index (χ3n) is 0.227. The monoisotopic (exact) mass is 110 g/mol. The second-order valence-electron chi connectivity index (χ2n) is 0.620. The fraction of sp³-hybridized carbons (Fsp3) is 1.00. The quantitative estimate of drug-likeness (QED) is 0.173. The third kappa shape index (κ3) is 4.23. The Morgan fingerprint density at radius 1 is 1.67 bits per heavy atom. The molecular formula is C2H6O3S. The van der Waals surface area contributed by atoms with Crippen LogP contribution in [0.4, 0.5) is 0 Å². The number of aliphatic hydroxyl groups is 1. The third-order valence-corrected chi connectivity index (χ3v) is 0.333.